The van der Waals surface area contributed by atoms with Crippen LogP contribution in [0.1, 0.15) is 45.6 Å². The van der Waals surface area contributed by atoms with E-state index < -0.39 is 0 Å². The number of hydrogen-bond acceptors (Lipinski definition) is 2. The Morgan fingerprint density at radius 3 is 2.32 bits per heavy atom. The second-order valence-corrected chi connectivity index (χ2v) is 6.30. The second-order valence-electron chi connectivity index (χ2n) is 6.30. The summed E-state index contributed by atoms with van der Waals surface area (Å²) in [6.45, 7) is 9.97. The maximum Gasteiger partial charge on any atom is 0.123 e. The molecule has 0 heterocycles. The zero-order valence-corrected chi connectivity index (χ0v) is 12.4. The summed E-state index contributed by atoms with van der Waals surface area (Å²) in [4.78, 5) is 0. The molecule has 3 heteroatoms. The number of benzene rings is 1. The van der Waals surface area contributed by atoms with Crippen molar-refractivity contribution in [3.8, 4) is 0 Å². The van der Waals surface area contributed by atoms with Gasteiger partial charge in [-0.15, -0.1) is 0 Å². The van der Waals surface area contributed by atoms with Crippen molar-refractivity contribution >= 4 is 0 Å². The van der Waals surface area contributed by atoms with Gasteiger partial charge in [-0.2, -0.15) is 0 Å². The van der Waals surface area contributed by atoms with Gasteiger partial charge < -0.3 is 10.4 Å². The molecule has 2 N–H and O–H groups in total. The topological polar surface area (TPSA) is 32.3 Å². The number of rotatable bonds is 7. The van der Waals surface area contributed by atoms with Gasteiger partial charge in [0.2, 0.25) is 0 Å². The molecule has 0 fully saturated rings. The van der Waals surface area contributed by atoms with E-state index in [9.17, 15) is 9.50 Å². The third-order valence-corrected chi connectivity index (χ3v) is 3.34. The lowest BCUT2D eigenvalue weighted by molar-refractivity contribution is 0.128. The van der Waals surface area contributed by atoms with Gasteiger partial charge in [-0.3, -0.25) is 0 Å². The Kier molecular flexibility index (Phi) is 5.95. The first-order valence-corrected chi connectivity index (χ1v) is 6.94. The van der Waals surface area contributed by atoms with Gasteiger partial charge in [-0.1, -0.05) is 32.9 Å². The summed E-state index contributed by atoms with van der Waals surface area (Å²) in [6, 6.07) is 6.68. The molecule has 0 aromatic heterocycles. The molecule has 0 spiro atoms. The van der Waals surface area contributed by atoms with Gasteiger partial charge in [-0.05, 0) is 42.4 Å². The summed E-state index contributed by atoms with van der Waals surface area (Å²) in [5, 5.41) is 12.9. The van der Waals surface area contributed by atoms with Crippen LogP contribution in [0.5, 0.6) is 0 Å². The van der Waals surface area contributed by atoms with Crippen molar-refractivity contribution < 1.29 is 9.50 Å². The van der Waals surface area contributed by atoms with Crippen molar-refractivity contribution in [3.05, 3.63) is 35.6 Å². The van der Waals surface area contributed by atoms with Crippen molar-refractivity contribution in [2.45, 2.75) is 46.1 Å². The molecule has 2 atom stereocenters. The molecule has 0 aliphatic heterocycles. The third-order valence-electron chi connectivity index (χ3n) is 3.34. The van der Waals surface area contributed by atoms with Crippen LogP contribution >= 0.6 is 0 Å². The minimum absolute atomic E-state index is 0.0800. The Morgan fingerprint density at radius 1 is 1.21 bits per heavy atom. The van der Waals surface area contributed by atoms with Crippen LogP contribution in [0, 0.1) is 11.2 Å². The average Bonchev–Trinajstić information content (AvgIpc) is 2.27. The van der Waals surface area contributed by atoms with Crippen LogP contribution in [0.2, 0.25) is 0 Å². The monoisotopic (exact) mass is 267 g/mol. The zero-order valence-electron chi connectivity index (χ0n) is 12.4. The van der Waals surface area contributed by atoms with Crippen LogP contribution in [-0.4, -0.2) is 24.3 Å². The maximum atomic E-state index is 12.8. The number of nitrogens with one attached hydrogen (secondary N) is 1. The predicted molar refractivity (Wildman–Crippen MR) is 77.8 cm³/mol. The molecule has 108 valence electrons. The number of hydrogen-bond donors (Lipinski definition) is 2. The van der Waals surface area contributed by atoms with Crippen LogP contribution in [0.25, 0.3) is 0 Å². The molecule has 0 amide bonds. The fourth-order valence-electron chi connectivity index (χ4n) is 2.41. The molecule has 0 saturated heterocycles. The van der Waals surface area contributed by atoms with E-state index in [2.05, 4.69) is 26.1 Å². The summed E-state index contributed by atoms with van der Waals surface area (Å²) < 4.78 is 12.8. The first kappa shape index (κ1) is 16.1. The molecule has 2 unspecified atom stereocenters. The summed E-state index contributed by atoms with van der Waals surface area (Å²) >= 11 is 0. The quantitative estimate of drug-likeness (QED) is 0.794. The SMILES string of the molecule is CC(O)CC(C)(C)CNCC(C)c1ccc(F)cc1. The van der Waals surface area contributed by atoms with E-state index in [4.69, 9.17) is 0 Å². The number of aliphatic hydroxyl groups excluding tert-OH is 1. The highest BCUT2D eigenvalue weighted by molar-refractivity contribution is 5.20. The Hall–Kier alpha value is -0.930. The average molecular weight is 267 g/mol. The zero-order chi connectivity index (χ0) is 14.5. The summed E-state index contributed by atoms with van der Waals surface area (Å²) in [6.07, 6.45) is 0.511. The van der Waals surface area contributed by atoms with Crippen molar-refractivity contribution in [2.24, 2.45) is 5.41 Å². The summed E-state index contributed by atoms with van der Waals surface area (Å²) in [5.41, 5.74) is 1.22. The first-order valence-electron chi connectivity index (χ1n) is 6.94. The molecule has 0 bridgehead atoms. The maximum absolute atomic E-state index is 12.8. The molecule has 0 aliphatic carbocycles. The van der Waals surface area contributed by atoms with Gasteiger partial charge in [0, 0.05) is 13.1 Å². The second kappa shape index (κ2) is 7.01. The highest BCUT2D eigenvalue weighted by Crippen LogP contribution is 2.21. The lowest BCUT2D eigenvalue weighted by Crippen LogP contribution is -2.33. The number of aliphatic hydroxyl groups is 1. The van der Waals surface area contributed by atoms with E-state index in [1.54, 1.807) is 0 Å². The molecule has 2 nitrogen and oxygen atoms in total. The molecule has 0 saturated carbocycles. The Morgan fingerprint density at radius 2 is 1.79 bits per heavy atom. The van der Waals surface area contributed by atoms with E-state index in [1.807, 2.05) is 19.1 Å². The van der Waals surface area contributed by atoms with Crippen LogP contribution in [0.15, 0.2) is 24.3 Å². The third kappa shape index (κ3) is 6.17. The Bertz CT molecular complexity index is 373. The molecular formula is C16H26FNO. The van der Waals surface area contributed by atoms with Gasteiger partial charge in [-0.25, -0.2) is 4.39 Å². The van der Waals surface area contributed by atoms with Crippen molar-refractivity contribution in [2.75, 3.05) is 13.1 Å². The van der Waals surface area contributed by atoms with E-state index in [0.717, 1.165) is 25.1 Å². The molecule has 0 aliphatic rings. The van der Waals surface area contributed by atoms with Gasteiger partial charge in [0.05, 0.1) is 6.10 Å². The molecule has 1 rings (SSSR count). The lowest BCUT2D eigenvalue weighted by Gasteiger charge is -2.27. The fraction of sp³-hybridized carbons (Fsp3) is 0.625. The van der Waals surface area contributed by atoms with E-state index >= 15 is 0 Å². The molecular weight excluding hydrogens is 241 g/mol. The first-order chi connectivity index (χ1) is 8.80. The van der Waals surface area contributed by atoms with Crippen molar-refractivity contribution in [1.82, 2.24) is 5.32 Å². The highest BCUT2D eigenvalue weighted by atomic mass is 19.1. The van der Waals surface area contributed by atoms with Crippen LogP contribution in [-0.2, 0) is 0 Å². The minimum atomic E-state index is -0.272. The molecule has 1 aromatic carbocycles. The smallest absolute Gasteiger partial charge is 0.123 e. The lowest BCUT2D eigenvalue weighted by atomic mass is 9.87. The van der Waals surface area contributed by atoms with Crippen LogP contribution in [0.3, 0.4) is 0 Å². The van der Waals surface area contributed by atoms with Crippen molar-refractivity contribution in [1.29, 1.82) is 0 Å². The van der Waals surface area contributed by atoms with Gasteiger partial charge in [0.25, 0.3) is 0 Å². The highest BCUT2D eigenvalue weighted by Gasteiger charge is 2.20. The summed E-state index contributed by atoms with van der Waals surface area (Å²) in [5.74, 6) is 0.157. The van der Waals surface area contributed by atoms with E-state index in [-0.39, 0.29) is 17.3 Å². The summed E-state index contributed by atoms with van der Waals surface area (Å²) in [7, 11) is 0. The predicted octanol–water partition coefficient (Wildman–Crippen LogP) is 3.32. The fourth-order valence-corrected chi connectivity index (χ4v) is 2.41. The normalized spacial score (nSPS) is 15.3. The van der Waals surface area contributed by atoms with Gasteiger partial charge >= 0.3 is 0 Å². The van der Waals surface area contributed by atoms with Gasteiger partial charge in [0.1, 0.15) is 5.82 Å². The Labute approximate surface area is 116 Å². The minimum Gasteiger partial charge on any atom is -0.393 e. The number of halogens is 1. The van der Waals surface area contributed by atoms with Crippen molar-refractivity contribution in [3.63, 3.8) is 0 Å². The van der Waals surface area contributed by atoms with Crippen LogP contribution in [0.4, 0.5) is 4.39 Å². The Balaban J connectivity index is 2.38. The van der Waals surface area contributed by atoms with E-state index in [0.29, 0.717) is 5.92 Å². The molecule has 1 aromatic rings. The van der Waals surface area contributed by atoms with E-state index in [1.165, 1.54) is 12.1 Å². The largest absolute Gasteiger partial charge is 0.393 e. The molecule has 19 heavy (non-hydrogen) atoms. The van der Waals surface area contributed by atoms with Crippen LogP contribution < -0.4 is 5.32 Å². The van der Waals surface area contributed by atoms with Gasteiger partial charge in [0.15, 0.2) is 0 Å². The molecule has 0 radical (unpaired) electrons. The standard InChI is InChI=1S/C16H26FNO/c1-12(14-5-7-15(17)8-6-14)10-18-11-16(3,4)9-13(2)19/h5-8,12-13,18-19H,9-11H2,1-4H3.